The monoisotopic (exact) mass is 468 g/mol. The molecule has 25 heavy (non-hydrogen) atoms. The molecule has 0 aromatic rings. The van der Waals surface area contributed by atoms with Crippen LogP contribution in [0.3, 0.4) is 0 Å². The Balaban J connectivity index is 0.00000312. The summed E-state index contributed by atoms with van der Waals surface area (Å²) in [5.74, 6) is 1.49. The molecule has 0 spiro atoms. The fraction of sp³-hybridized carbons (Fsp3) is 0.944. The van der Waals surface area contributed by atoms with Gasteiger partial charge in [-0.15, -0.1) is 24.0 Å². The summed E-state index contributed by atoms with van der Waals surface area (Å²) in [7, 11) is 1.83. The van der Waals surface area contributed by atoms with Gasteiger partial charge in [0.1, 0.15) is 0 Å². The predicted octanol–water partition coefficient (Wildman–Crippen LogP) is 2.09. The molecule has 2 fully saturated rings. The highest BCUT2D eigenvalue weighted by Crippen LogP contribution is 2.27. The van der Waals surface area contributed by atoms with Gasteiger partial charge in [-0.3, -0.25) is 9.89 Å². The van der Waals surface area contributed by atoms with Crippen LogP contribution in [-0.2, 0) is 9.47 Å². The molecule has 2 aliphatic rings. The summed E-state index contributed by atoms with van der Waals surface area (Å²) in [6.45, 7) is 10.9. The molecule has 0 aromatic heterocycles. The van der Waals surface area contributed by atoms with E-state index in [-0.39, 0.29) is 24.0 Å². The molecule has 7 heteroatoms. The van der Waals surface area contributed by atoms with Gasteiger partial charge in [-0.1, -0.05) is 0 Å². The summed E-state index contributed by atoms with van der Waals surface area (Å²) in [6, 6.07) is 1.43. The SMILES string of the molecule is CN=C(NCCCOCC1CCOC1)NCCN(C(C)C)C1CC1.I. The average molecular weight is 468 g/mol. The molecule has 1 unspecified atom stereocenters. The van der Waals surface area contributed by atoms with Crippen molar-refractivity contribution in [2.75, 3.05) is 53.1 Å². The van der Waals surface area contributed by atoms with Crippen LogP contribution in [0, 0.1) is 5.92 Å². The zero-order valence-corrected chi connectivity index (χ0v) is 18.5. The molecular formula is C18H37IN4O2. The predicted molar refractivity (Wildman–Crippen MR) is 114 cm³/mol. The van der Waals surface area contributed by atoms with Crippen molar-refractivity contribution in [3.63, 3.8) is 0 Å². The van der Waals surface area contributed by atoms with Crippen molar-refractivity contribution >= 4 is 29.9 Å². The van der Waals surface area contributed by atoms with Gasteiger partial charge >= 0.3 is 0 Å². The summed E-state index contributed by atoms with van der Waals surface area (Å²) in [5, 5.41) is 6.77. The largest absolute Gasteiger partial charge is 0.381 e. The maximum Gasteiger partial charge on any atom is 0.191 e. The Hall–Kier alpha value is -0.120. The van der Waals surface area contributed by atoms with Crippen LogP contribution < -0.4 is 10.6 Å². The highest BCUT2D eigenvalue weighted by Gasteiger charge is 2.30. The van der Waals surface area contributed by atoms with Crippen molar-refractivity contribution < 1.29 is 9.47 Å². The molecule has 6 nitrogen and oxygen atoms in total. The number of aliphatic imine (C=N–C) groups is 1. The highest BCUT2D eigenvalue weighted by molar-refractivity contribution is 14.0. The van der Waals surface area contributed by atoms with E-state index in [2.05, 4.69) is 34.4 Å². The van der Waals surface area contributed by atoms with Crippen molar-refractivity contribution in [1.82, 2.24) is 15.5 Å². The van der Waals surface area contributed by atoms with Gasteiger partial charge in [-0.05, 0) is 39.5 Å². The molecule has 148 valence electrons. The minimum absolute atomic E-state index is 0. The van der Waals surface area contributed by atoms with Gasteiger partial charge in [0.2, 0.25) is 0 Å². The molecule has 1 aliphatic carbocycles. The minimum atomic E-state index is 0. The van der Waals surface area contributed by atoms with E-state index in [1.807, 2.05) is 7.05 Å². The second-order valence-electron chi connectivity index (χ2n) is 7.15. The second-order valence-corrected chi connectivity index (χ2v) is 7.15. The van der Waals surface area contributed by atoms with Gasteiger partial charge < -0.3 is 20.1 Å². The first-order valence-electron chi connectivity index (χ1n) is 9.56. The maximum atomic E-state index is 5.72. The normalized spacial score (nSPS) is 20.8. The molecule has 0 bridgehead atoms. The Morgan fingerprint density at radius 1 is 1.24 bits per heavy atom. The molecule has 0 radical (unpaired) electrons. The van der Waals surface area contributed by atoms with E-state index in [4.69, 9.17) is 9.47 Å². The number of nitrogens with zero attached hydrogens (tertiary/aromatic N) is 2. The van der Waals surface area contributed by atoms with Crippen LogP contribution in [0.5, 0.6) is 0 Å². The van der Waals surface area contributed by atoms with E-state index in [0.29, 0.717) is 12.0 Å². The van der Waals surface area contributed by atoms with Gasteiger partial charge in [0.25, 0.3) is 0 Å². The Morgan fingerprint density at radius 2 is 2.00 bits per heavy atom. The van der Waals surface area contributed by atoms with Crippen LogP contribution in [0.15, 0.2) is 4.99 Å². The van der Waals surface area contributed by atoms with Gasteiger partial charge in [-0.2, -0.15) is 0 Å². The van der Waals surface area contributed by atoms with Crippen LogP contribution in [-0.4, -0.2) is 76.1 Å². The number of guanidine groups is 1. The molecule has 2 rings (SSSR count). The highest BCUT2D eigenvalue weighted by atomic mass is 127. The Morgan fingerprint density at radius 3 is 2.60 bits per heavy atom. The van der Waals surface area contributed by atoms with E-state index >= 15 is 0 Å². The number of ether oxygens (including phenoxy) is 2. The first-order valence-corrected chi connectivity index (χ1v) is 9.56. The van der Waals surface area contributed by atoms with E-state index < -0.39 is 0 Å². The van der Waals surface area contributed by atoms with Crippen LogP contribution in [0.2, 0.25) is 0 Å². The Bertz CT molecular complexity index is 370. The van der Waals surface area contributed by atoms with Gasteiger partial charge in [-0.25, -0.2) is 0 Å². The first-order chi connectivity index (χ1) is 11.7. The maximum absolute atomic E-state index is 5.72. The number of rotatable bonds is 11. The molecule has 1 saturated heterocycles. The number of halogens is 1. The van der Waals surface area contributed by atoms with Gasteiger partial charge in [0.15, 0.2) is 5.96 Å². The van der Waals surface area contributed by atoms with Crippen LogP contribution in [0.4, 0.5) is 0 Å². The quantitative estimate of drug-likeness (QED) is 0.211. The average Bonchev–Trinajstić information content (AvgIpc) is 3.27. The molecule has 1 aliphatic heterocycles. The van der Waals surface area contributed by atoms with Crippen LogP contribution >= 0.6 is 24.0 Å². The summed E-state index contributed by atoms with van der Waals surface area (Å²) in [4.78, 5) is 6.87. The Kier molecular flexibility index (Phi) is 12.0. The van der Waals surface area contributed by atoms with Crippen molar-refractivity contribution in [2.24, 2.45) is 10.9 Å². The molecule has 1 atom stereocenters. The van der Waals surface area contributed by atoms with Crippen molar-refractivity contribution in [1.29, 1.82) is 0 Å². The summed E-state index contributed by atoms with van der Waals surface area (Å²) in [6.07, 6.45) is 4.85. The molecule has 0 amide bonds. The fourth-order valence-corrected chi connectivity index (χ4v) is 3.14. The zero-order chi connectivity index (χ0) is 17.2. The lowest BCUT2D eigenvalue weighted by molar-refractivity contribution is 0.0888. The van der Waals surface area contributed by atoms with Crippen LogP contribution in [0.25, 0.3) is 0 Å². The molecule has 1 heterocycles. The van der Waals surface area contributed by atoms with Crippen molar-refractivity contribution in [3.8, 4) is 0 Å². The van der Waals surface area contributed by atoms with E-state index in [0.717, 1.165) is 70.9 Å². The topological polar surface area (TPSA) is 58.1 Å². The van der Waals surface area contributed by atoms with Gasteiger partial charge in [0, 0.05) is 57.9 Å². The molecule has 0 aromatic carbocycles. The lowest BCUT2D eigenvalue weighted by Crippen LogP contribution is -2.44. The first kappa shape index (κ1) is 22.9. The third kappa shape index (κ3) is 9.40. The summed E-state index contributed by atoms with van der Waals surface area (Å²) in [5.41, 5.74) is 0. The van der Waals surface area contributed by atoms with E-state index in [1.165, 1.54) is 12.8 Å². The van der Waals surface area contributed by atoms with Crippen molar-refractivity contribution in [2.45, 2.75) is 51.6 Å². The molecule has 2 N–H and O–H groups in total. The third-order valence-corrected chi connectivity index (χ3v) is 4.70. The lowest BCUT2D eigenvalue weighted by Gasteiger charge is -2.26. The fourth-order valence-electron chi connectivity index (χ4n) is 3.14. The Labute approximate surface area is 170 Å². The number of hydrogen-bond acceptors (Lipinski definition) is 4. The number of hydrogen-bond donors (Lipinski definition) is 2. The van der Waals surface area contributed by atoms with Crippen molar-refractivity contribution in [3.05, 3.63) is 0 Å². The van der Waals surface area contributed by atoms with Crippen LogP contribution in [0.1, 0.15) is 39.5 Å². The smallest absolute Gasteiger partial charge is 0.191 e. The van der Waals surface area contributed by atoms with E-state index in [9.17, 15) is 0 Å². The number of nitrogens with one attached hydrogen (secondary N) is 2. The molecular weight excluding hydrogens is 431 g/mol. The lowest BCUT2D eigenvalue weighted by atomic mass is 10.1. The van der Waals surface area contributed by atoms with Gasteiger partial charge in [0.05, 0.1) is 13.2 Å². The summed E-state index contributed by atoms with van der Waals surface area (Å²) >= 11 is 0. The zero-order valence-electron chi connectivity index (χ0n) is 16.1. The standard InChI is InChI=1S/C18H36N4O2.HI/c1-15(2)22(17-5-6-17)10-9-21-18(19-3)20-8-4-11-23-13-16-7-12-24-14-16;/h15-17H,4-14H2,1-3H3,(H2,19,20,21);1H. The summed E-state index contributed by atoms with van der Waals surface area (Å²) < 4.78 is 11.1. The second kappa shape index (κ2) is 13.1. The molecule has 1 saturated carbocycles. The third-order valence-electron chi connectivity index (χ3n) is 4.70. The van der Waals surface area contributed by atoms with E-state index in [1.54, 1.807) is 0 Å². The minimum Gasteiger partial charge on any atom is -0.381 e.